The Hall–Kier alpha value is -1.51. The zero-order valence-corrected chi connectivity index (χ0v) is 11.7. The number of carbonyl (C=O) groups is 1. The maximum atomic E-state index is 11.2. The molecule has 0 aliphatic carbocycles. The first kappa shape index (κ1) is 15.5. The summed E-state index contributed by atoms with van der Waals surface area (Å²) in [6.45, 7) is 12.0. The summed E-state index contributed by atoms with van der Waals surface area (Å²) in [6, 6.07) is 7.68. The lowest BCUT2D eigenvalue weighted by Crippen LogP contribution is -2.47. The summed E-state index contributed by atoms with van der Waals surface area (Å²) in [6.07, 6.45) is 0. The van der Waals surface area contributed by atoms with Gasteiger partial charge in [-0.3, -0.25) is 0 Å². The van der Waals surface area contributed by atoms with E-state index in [9.17, 15) is 4.79 Å². The molecule has 0 bridgehead atoms. The first-order valence-electron chi connectivity index (χ1n) is 6.28. The third-order valence-corrected chi connectivity index (χ3v) is 2.27. The Morgan fingerprint density at radius 1 is 1.00 bits per heavy atom. The molecule has 2 N–H and O–H groups in total. The number of hydrogen-bond acceptors (Lipinski definition) is 1. The van der Waals surface area contributed by atoms with Crippen LogP contribution >= 0.6 is 0 Å². The highest BCUT2D eigenvalue weighted by molar-refractivity contribution is 5.93. The molecule has 3 nitrogen and oxygen atoms in total. The average Bonchev–Trinajstić information content (AvgIpc) is 2.33. The van der Waals surface area contributed by atoms with Crippen molar-refractivity contribution in [3.05, 3.63) is 29.8 Å². The number of urea groups is 1. The molecule has 1 heterocycles. The van der Waals surface area contributed by atoms with E-state index in [2.05, 4.69) is 10.6 Å². The zero-order valence-electron chi connectivity index (χ0n) is 11.7. The fourth-order valence-corrected chi connectivity index (χ4v) is 1.64. The maximum Gasteiger partial charge on any atom is 0.319 e. The predicted molar refractivity (Wildman–Crippen MR) is 74.3 cm³/mol. The van der Waals surface area contributed by atoms with E-state index < -0.39 is 0 Å². The minimum absolute atomic E-state index is 0.135. The SMILES string of the molecule is CC.CC.CC1(C)NC(=O)Nc2ccccc21. The predicted octanol–water partition coefficient (Wildman–Crippen LogP) is 4.11. The number of amides is 2. The summed E-state index contributed by atoms with van der Waals surface area (Å²) in [5.74, 6) is 0. The van der Waals surface area contributed by atoms with E-state index in [1.54, 1.807) is 0 Å². The van der Waals surface area contributed by atoms with Crippen LogP contribution in [0, 0.1) is 0 Å². The van der Waals surface area contributed by atoms with Gasteiger partial charge >= 0.3 is 6.03 Å². The van der Waals surface area contributed by atoms with E-state index >= 15 is 0 Å². The minimum atomic E-state index is -0.279. The van der Waals surface area contributed by atoms with Crippen molar-refractivity contribution in [2.75, 3.05) is 5.32 Å². The summed E-state index contributed by atoms with van der Waals surface area (Å²) in [5.41, 5.74) is 1.74. The van der Waals surface area contributed by atoms with Gasteiger partial charge in [-0.1, -0.05) is 45.9 Å². The lowest BCUT2D eigenvalue weighted by atomic mass is 9.91. The van der Waals surface area contributed by atoms with Crippen molar-refractivity contribution in [3.63, 3.8) is 0 Å². The van der Waals surface area contributed by atoms with Gasteiger partial charge in [-0.2, -0.15) is 0 Å². The second kappa shape index (κ2) is 6.94. The fourth-order valence-electron chi connectivity index (χ4n) is 1.64. The molecular weight excluding hydrogens is 212 g/mol. The molecule has 1 aromatic carbocycles. The molecule has 2 rings (SSSR count). The molecule has 0 unspecified atom stereocenters. The maximum absolute atomic E-state index is 11.2. The van der Waals surface area contributed by atoms with E-state index in [1.165, 1.54) is 0 Å². The van der Waals surface area contributed by atoms with Gasteiger partial charge in [0.05, 0.1) is 5.54 Å². The second-order valence-corrected chi connectivity index (χ2v) is 3.75. The Morgan fingerprint density at radius 3 is 2.12 bits per heavy atom. The van der Waals surface area contributed by atoms with E-state index in [4.69, 9.17) is 0 Å². The van der Waals surface area contributed by atoms with Gasteiger partial charge in [0.15, 0.2) is 0 Å². The number of anilines is 1. The molecule has 0 aromatic heterocycles. The highest BCUT2D eigenvalue weighted by Crippen LogP contribution is 2.30. The van der Waals surface area contributed by atoms with Gasteiger partial charge in [0.25, 0.3) is 0 Å². The monoisotopic (exact) mass is 236 g/mol. The molecule has 1 aliphatic heterocycles. The van der Waals surface area contributed by atoms with E-state index in [-0.39, 0.29) is 11.6 Å². The van der Waals surface area contributed by atoms with Crippen LogP contribution in [0.15, 0.2) is 24.3 Å². The van der Waals surface area contributed by atoms with Crippen molar-refractivity contribution in [1.82, 2.24) is 5.32 Å². The van der Waals surface area contributed by atoms with Crippen LogP contribution in [0.25, 0.3) is 0 Å². The van der Waals surface area contributed by atoms with Crippen LogP contribution in [0.3, 0.4) is 0 Å². The van der Waals surface area contributed by atoms with Gasteiger partial charge in [-0.05, 0) is 19.9 Å². The lowest BCUT2D eigenvalue weighted by molar-refractivity contribution is 0.239. The Labute approximate surface area is 105 Å². The molecule has 17 heavy (non-hydrogen) atoms. The van der Waals surface area contributed by atoms with Gasteiger partial charge in [0.1, 0.15) is 0 Å². The number of fused-ring (bicyclic) bond motifs is 1. The molecule has 0 spiro atoms. The van der Waals surface area contributed by atoms with Crippen molar-refractivity contribution in [2.45, 2.75) is 47.1 Å². The van der Waals surface area contributed by atoms with E-state index in [0.717, 1.165) is 11.3 Å². The molecule has 1 aromatic rings. The van der Waals surface area contributed by atoms with Gasteiger partial charge in [-0.15, -0.1) is 0 Å². The summed E-state index contributed by atoms with van der Waals surface area (Å²) < 4.78 is 0. The molecule has 0 saturated carbocycles. The number of benzene rings is 1. The largest absolute Gasteiger partial charge is 0.329 e. The number of para-hydroxylation sites is 1. The van der Waals surface area contributed by atoms with Gasteiger partial charge in [-0.25, -0.2) is 4.79 Å². The third-order valence-electron chi connectivity index (χ3n) is 2.27. The standard InChI is InChI=1S/C10H12N2O.2C2H6/c1-10(2)7-5-3-4-6-8(7)11-9(13)12-10;2*1-2/h3-6H,1-2H3,(H2,11,12,13);2*1-2H3. The molecular formula is C14H24N2O. The van der Waals surface area contributed by atoms with Crippen molar-refractivity contribution in [2.24, 2.45) is 0 Å². The Bertz CT molecular complexity index is 359. The first-order valence-corrected chi connectivity index (χ1v) is 6.28. The Kier molecular flexibility index (Phi) is 6.33. The number of nitrogens with one attached hydrogen (secondary N) is 2. The molecule has 0 atom stereocenters. The molecule has 0 radical (unpaired) electrons. The van der Waals surface area contributed by atoms with Crippen molar-refractivity contribution in [1.29, 1.82) is 0 Å². The minimum Gasteiger partial charge on any atom is -0.329 e. The van der Waals surface area contributed by atoms with Crippen LogP contribution in [0.4, 0.5) is 10.5 Å². The van der Waals surface area contributed by atoms with Crippen LogP contribution in [0.2, 0.25) is 0 Å². The molecule has 0 saturated heterocycles. The van der Waals surface area contributed by atoms with Crippen molar-refractivity contribution >= 4 is 11.7 Å². The molecule has 96 valence electrons. The Morgan fingerprint density at radius 2 is 1.53 bits per heavy atom. The Balaban J connectivity index is 0.000000581. The van der Waals surface area contributed by atoms with Crippen LogP contribution in [0.1, 0.15) is 47.1 Å². The van der Waals surface area contributed by atoms with Crippen LogP contribution in [-0.4, -0.2) is 6.03 Å². The number of carbonyl (C=O) groups excluding carboxylic acids is 1. The highest BCUT2D eigenvalue weighted by Gasteiger charge is 2.29. The third kappa shape index (κ3) is 3.77. The van der Waals surface area contributed by atoms with Crippen LogP contribution in [0.5, 0.6) is 0 Å². The van der Waals surface area contributed by atoms with Crippen LogP contribution in [-0.2, 0) is 5.54 Å². The smallest absolute Gasteiger partial charge is 0.319 e. The molecule has 0 fully saturated rings. The van der Waals surface area contributed by atoms with E-state index in [0.29, 0.717) is 0 Å². The summed E-state index contributed by atoms with van der Waals surface area (Å²) >= 11 is 0. The van der Waals surface area contributed by atoms with E-state index in [1.807, 2.05) is 65.8 Å². The molecule has 2 amide bonds. The molecule has 3 heteroatoms. The fraction of sp³-hybridized carbons (Fsp3) is 0.500. The summed E-state index contributed by atoms with van der Waals surface area (Å²) in [7, 11) is 0. The average molecular weight is 236 g/mol. The second-order valence-electron chi connectivity index (χ2n) is 3.75. The first-order chi connectivity index (χ1) is 8.09. The normalized spacial score (nSPS) is 14.8. The topological polar surface area (TPSA) is 41.1 Å². The lowest BCUT2D eigenvalue weighted by Gasteiger charge is -2.33. The van der Waals surface area contributed by atoms with Crippen molar-refractivity contribution < 1.29 is 4.79 Å². The number of hydrogen-bond donors (Lipinski definition) is 2. The highest BCUT2D eigenvalue weighted by atomic mass is 16.2. The van der Waals surface area contributed by atoms with Gasteiger partial charge in [0.2, 0.25) is 0 Å². The van der Waals surface area contributed by atoms with Gasteiger partial charge in [0, 0.05) is 11.3 Å². The van der Waals surface area contributed by atoms with Crippen LogP contribution < -0.4 is 10.6 Å². The molecule has 1 aliphatic rings. The quantitative estimate of drug-likeness (QED) is 0.699. The van der Waals surface area contributed by atoms with Gasteiger partial charge < -0.3 is 10.6 Å². The zero-order chi connectivity index (χ0) is 13.5. The summed E-state index contributed by atoms with van der Waals surface area (Å²) in [5, 5.41) is 5.63. The van der Waals surface area contributed by atoms with Crippen molar-refractivity contribution in [3.8, 4) is 0 Å². The number of rotatable bonds is 0. The summed E-state index contributed by atoms with van der Waals surface area (Å²) in [4.78, 5) is 11.2.